The molecular formula is C19H26N2O2. The molecule has 1 aliphatic heterocycles. The highest BCUT2D eigenvalue weighted by atomic mass is 16.3. The number of carbonyl (C=O) groups is 1. The van der Waals surface area contributed by atoms with Crippen molar-refractivity contribution in [1.29, 1.82) is 0 Å². The van der Waals surface area contributed by atoms with Crippen LogP contribution in [0.25, 0.3) is 0 Å². The van der Waals surface area contributed by atoms with Gasteiger partial charge in [0.25, 0.3) is 0 Å². The summed E-state index contributed by atoms with van der Waals surface area (Å²) in [4.78, 5) is 14.2. The standard InChI is InChI=1S/C19H26N2O2/c22-13-14-6-9-21(10-7-14)18(23)20-12-16-11-19(16)8-5-15-3-1-2-4-17(15)19/h1-4,14,16,22H,5-13H2,(H,20,23)/t16-,19-/m0/s1. The van der Waals surface area contributed by atoms with Crippen LogP contribution in [0, 0.1) is 11.8 Å². The number of benzene rings is 1. The molecule has 4 rings (SSSR count). The highest BCUT2D eigenvalue weighted by molar-refractivity contribution is 5.74. The van der Waals surface area contributed by atoms with Gasteiger partial charge in [-0.3, -0.25) is 0 Å². The largest absolute Gasteiger partial charge is 0.396 e. The zero-order valence-corrected chi connectivity index (χ0v) is 13.6. The normalized spacial score (nSPS) is 29.6. The molecule has 2 amide bonds. The SMILES string of the molecule is O=C(NC[C@@H]1C[C@@]12CCc1ccccc12)N1CCC(CO)CC1. The zero-order chi connectivity index (χ0) is 15.9. The van der Waals surface area contributed by atoms with Gasteiger partial charge < -0.3 is 15.3 Å². The summed E-state index contributed by atoms with van der Waals surface area (Å²) in [5.41, 5.74) is 3.39. The Bertz CT molecular complexity index is 595. The maximum absolute atomic E-state index is 12.3. The van der Waals surface area contributed by atoms with Gasteiger partial charge in [0.15, 0.2) is 0 Å². The molecule has 1 aromatic rings. The minimum Gasteiger partial charge on any atom is -0.396 e. The highest BCUT2D eigenvalue weighted by Crippen LogP contribution is 2.61. The number of likely N-dealkylation sites (tertiary alicyclic amines) is 1. The van der Waals surface area contributed by atoms with Crippen molar-refractivity contribution in [3.8, 4) is 0 Å². The Hall–Kier alpha value is -1.55. The molecular weight excluding hydrogens is 288 g/mol. The van der Waals surface area contributed by atoms with Gasteiger partial charge in [-0.2, -0.15) is 0 Å². The Morgan fingerprint density at radius 1 is 1.30 bits per heavy atom. The lowest BCUT2D eigenvalue weighted by Gasteiger charge is -2.31. The Morgan fingerprint density at radius 3 is 2.87 bits per heavy atom. The molecule has 2 fully saturated rings. The van der Waals surface area contributed by atoms with Crippen LogP contribution in [0.4, 0.5) is 4.79 Å². The van der Waals surface area contributed by atoms with Crippen LogP contribution >= 0.6 is 0 Å². The molecule has 0 bridgehead atoms. The molecule has 3 aliphatic rings. The van der Waals surface area contributed by atoms with Gasteiger partial charge in [-0.25, -0.2) is 4.79 Å². The molecule has 1 saturated heterocycles. The van der Waals surface area contributed by atoms with E-state index in [9.17, 15) is 9.90 Å². The number of hydrogen-bond acceptors (Lipinski definition) is 2. The van der Waals surface area contributed by atoms with E-state index in [1.807, 2.05) is 4.90 Å². The summed E-state index contributed by atoms with van der Waals surface area (Å²) in [6, 6.07) is 8.89. The third-order valence-corrected chi connectivity index (χ3v) is 6.29. The van der Waals surface area contributed by atoms with Gasteiger partial charge in [-0.1, -0.05) is 24.3 Å². The number of fused-ring (bicyclic) bond motifs is 2. The lowest BCUT2D eigenvalue weighted by Crippen LogP contribution is -2.45. The van der Waals surface area contributed by atoms with Crippen LogP contribution in [0.3, 0.4) is 0 Å². The number of aryl methyl sites for hydroxylation is 1. The minimum absolute atomic E-state index is 0.0784. The first-order valence-corrected chi connectivity index (χ1v) is 8.95. The number of nitrogens with one attached hydrogen (secondary N) is 1. The van der Waals surface area contributed by atoms with Crippen molar-refractivity contribution >= 4 is 6.03 Å². The van der Waals surface area contributed by atoms with Gasteiger partial charge >= 0.3 is 6.03 Å². The topological polar surface area (TPSA) is 52.6 Å². The quantitative estimate of drug-likeness (QED) is 0.899. The summed E-state index contributed by atoms with van der Waals surface area (Å²) in [6.45, 7) is 2.60. The van der Waals surface area contributed by atoms with E-state index in [0.717, 1.165) is 32.5 Å². The second kappa shape index (κ2) is 5.82. The van der Waals surface area contributed by atoms with E-state index in [1.165, 1.54) is 30.4 Å². The first-order chi connectivity index (χ1) is 11.2. The van der Waals surface area contributed by atoms with Crippen molar-refractivity contribution in [3.63, 3.8) is 0 Å². The van der Waals surface area contributed by atoms with Crippen LogP contribution in [-0.4, -0.2) is 42.3 Å². The molecule has 23 heavy (non-hydrogen) atoms. The van der Waals surface area contributed by atoms with Crippen LogP contribution in [-0.2, 0) is 11.8 Å². The van der Waals surface area contributed by atoms with Crippen LogP contribution in [0.1, 0.15) is 36.8 Å². The number of aliphatic hydroxyl groups excluding tert-OH is 1. The Balaban J connectivity index is 1.29. The average Bonchev–Trinajstić information content (AvgIpc) is 3.19. The van der Waals surface area contributed by atoms with Gasteiger partial charge in [0.05, 0.1) is 0 Å². The van der Waals surface area contributed by atoms with Crippen molar-refractivity contribution in [1.82, 2.24) is 10.2 Å². The van der Waals surface area contributed by atoms with Gasteiger partial charge in [0.2, 0.25) is 0 Å². The van der Waals surface area contributed by atoms with E-state index in [4.69, 9.17) is 0 Å². The third-order valence-electron chi connectivity index (χ3n) is 6.29. The van der Waals surface area contributed by atoms with Crippen LogP contribution < -0.4 is 5.32 Å². The fourth-order valence-electron chi connectivity index (χ4n) is 4.64. The van der Waals surface area contributed by atoms with Gasteiger partial charge in [0.1, 0.15) is 0 Å². The molecule has 4 heteroatoms. The highest BCUT2D eigenvalue weighted by Gasteiger charge is 2.57. The zero-order valence-electron chi connectivity index (χ0n) is 13.6. The lowest BCUT2D eigenvalue weighted by molar-refractivity contribution is 0.137. The van der Waals surface area contributed by atoms with Crippen molar-refractivity contribution in [3.05, 3.63) is 35.4 Å². The fourth-order valence-corrected chi connectivity index (χ4v) is 4.64. The summed E-state index contributed by atoms with van der Waals surface area (Å²) in [6.07, 6.45) is 5.50. The van der Waals surface area contributed by atoms with E-state index >= 15 is 0 Å². The number of aliphatic hydroxyl groups is 1. The summed E-state index contributed by atoms with van der Waals surface area (Å²) >= 11 is 0. The molecule has 2 N–H and O–H groups in total. The monoisotopic (exact) mass is 314 g/mol. The van der Waals surface area contributed by atoms with Crippen molar-refractivity contribution < 1.29 is 9.90 Å². The number of nitrogens with zero attached hydrogens (tertiary/aromatic N) is 1. The molecule has 1 aromatic carbocycles. The van der Waals surface area contributed by atoms with Gasteiger partial charge in [-0.15, -0.1) is 0 Å². The first kappa shape index (κ1) is 15.0. The number of urea groups is 1. The van der Waals surface area contributed by atoms with Crippen molar-refractivity contribution in [2.45, 2.75) is 37.5 Å². The molecule has 1 spiro atoms. The molecule has 124 valence electrons. The fraction of sp³-hybridized carbons (Fsp3) is 0.632. The van der Waals surface area contributed by atoms with Gasteiger partial charge in [-0.05, 0) is 55.1 Å². The predicted octanol–water partition coefficient (Wildman–Crippen LogP) is 2.30. The smallest absolute Gasteiger partial charge is 0.317 e. The number of piperidine rings is 1. The van der Waals surface area contributed by atoms with E-state index < -0.39 is 0 Å². The first-order valence-electron chi connectivity index (χ1n) is 8.95. The van der Waals surface area contributed by atoms with Crippen molar-refractivity contribution in [2.75, 3.05) is 26.2 Å². The summed E-state index contributed by atoms with van der Waals surface area (Å²) in [5, 5.41) is 12.3. The lowest BCUT2D eigenvalue weighted by atomic mass is 9.95. The summed E-state index contributed by atoms with van der Waals surface area (Å²) in [5.74, 6) is 0.978. The summed E-state index contributed by atoms with van der Waals surface area (Å²) < 4.78 is 0. The van der Waals surface area contributed by atoms with E-state index in [1.54, 1.807) is 0 Å². The maximum Gasteiger partial charge on any atom is 0.317 e. The van der Waals surface area contributed by atoms with Crippen LogP contribution in [0.5, 0.6) is 0 Å². The molecule has 0 unspecified atom stereocenters. The molecule has 4 nitrogen and oxygen atoms in total. The average molecular weight is 314 g/mol. The number of carbonyl (C=O) groups excluding carboxylic acids is 1. The van der Waals surface area contributed by atoms with E-state index in [-0.39, 0.29) is 12.6 Å². The Labute approximate surface area is 137 Å². The molecule has 0 aromatic heterocycles. The third kappa shape index (κ3) is 2.63. The summed E-state index contributed by atoms with van der Waals surface area (Å²) in [7, 11) is 0. The number of amides is 2. The Kier molecular flexibility index (Phi) is 3.80. The van der Waals surface area contributed by atoms with E-state index in [0.29, 0.717) is 17.3 Å². The molecule has 2 atom stereocenters. The molecule has 0 radical (unpaired) electrons. The Morgan fingerprint density at radius 2 is 2.09 bits per heavy atom. The maximum atomic E-state index is 12.3. The van der Waals surface area contributed by atoms with Gasteiger partial charge in [0, 0.05) is 31.7 Å². The van der Waals surface area contributed by atoms with Crippen molar-refractivity contribution in [2.24, 2.45) is 11.8 Å². The molecule has 2 aliphatic carbocycles. The predicted molar refractivity (Wildman–Crippen MR) is 89.3 cm³/mol. The van der Waals surface area contributed by atoms with Crippen LogP contribution in [0.2, 0.25) is 0 Å². The second-order valence-corrected chi connectivity index (χ2v) is 7.51. The number of rotatable bonds is 3. The number of hydrogen-bond donors (Lipinski definition) is 2. The molecule has 1 saturated carbocycles. The molecule has 1 heterocycles. The second-order valence-electron chi connectivity index (χ2n) is 7.51. The van der Waals surface area contributed by atoms with Crippen LogP contribution in [0.15, 0.2) is 24.3 Å². The minimum atomic E-state index is 0.0784. The van der Waals surface area contributed by atoms with E-state index in [2.05, 4.69) is 29.6 Å².